The van der Waals surface area contributed by atoms with E-state index in [2.05, 4.69) is 0 Å². The molecule has 0 aliphatic rings. The van der Waals surface area contributed by atoms with Gasteiger partial charge in [-0.15, -0.1) is 0 Å². The molecule has 0 bridgehead atoms. The summed E-state index contributed by atoms with van der Waals surface area (Å²) in [5.41, 5.74) is -12.0. The van der Waals surface area contributed by atoms with E-state index in [-0.39, 0.29) is 51.2 Å². The molecule has 0 spiro atoms. The quantitative estimate of drug-likeness (QED) is 0.314. The van der Waals surface area contributed by atoms with Crippen molar-refractivity contribution in [1.82, 2.24) is 0 Å². The van der Waals surface area contributed by atoms with Gasteiger partial charge in [-0.2, -0.15) is 0 Å². The van der Waals surface area contributed by atoms with Crippen LogP contribution in [0.2, 0.25) is 0 Å². The third-order valence-electron chi connectivity index (χ3n) is 2.72. The minimum absolute atomic E-state index is 0. The van der Waals surface area contributed by atoms with Crippen molar-refractivity contribution in [2.75, 3.05) is 0 Å². The molecule has 0 aromatic heterocycles. The van der Waals surface area contributed by atoms with Crippen molar-refractivity contribution in [1.29, 1.82) is 0 Å². The third kappa shape index (κ3) is 5.29. The molecule has 0 unspecified atom stereocenters. The Morgan fingerprint density at radius 2 is 0.407 bits per heavy atom. The van der Waals surface area contributed by atoms with E-state index in [1.54, 1.807) is 0 Å². The third-order valence-corrected chi connectivity index (χ3v) is 2.72. The molecule has 3 radical (unpaired) electrons. The number of aromatic carboxylic acids is 6. The van der Waals surface area contributed by atoms with Gasteiger partial charge in [0, 0.05) is 33.4 Å². The summed E-state index contributed by atoms with van der Waals surface area (Å²) in [5, 5.41) is 66.0. The number of carbonyl (C=O) groups is 6. The molecule has 0 saturated carbocycles. The fourth-order valence-electron chi connectivity index (χ4n) is 1.97. The van der Waals surface area contributed by atoms with E-state index in [1.807, 2.05) is 0 Å². The predicted molar refractivity (Wildman–Crippen MR) is 52.4 cm³/mol. The number of hydrogen-bond acceptors (Lipinski definition) is 12. The van der Waals surface area contributed by atoms with Crippen LogP contribution in [0, 0.1) is 0 Å². The normalized spacial score (nSPS) is 8.89. The minimum Gasteiger partial charge on any atom is -0.545 e. The monoisotopic (exact) mass is 525 g/mol. The van der Waals surface area contributed by atoms with Crippen LogP contribution in [-0.2, 0) is 51.2 Å². The maximum Gasteiger partial charge on any atom is 2.00 e. The molecule has 1 aromatic rings. The van der Waals surface area contributed by atoms with Crippen molar-refractivity contribution in [3.05, 3.63) is 33.4 Å². The van der Waals surface area contributed by atoms with Crippen LogP contribution in [0.25, 0.3) is 0 Å². The predicted octanol–water partition coefficient (Wildman–Crippen LogP) is -8.14. The van der Waals surface area contributed by atoms with Crippen LogP contribution in [-0.4, -0.2) is 35.8 Å². The molecule has 0 atom stereocenters. The van der Waals surface area contributed by atoms with Gasteiger partial charge >= 0.3 is 51.2 Å². The van der Waals surface area contributed by atoms with Crippen molar-refractivity contribution >= 4 is 35.8 Å². The maximum absolute atomic E-state index is 11.0. The summed E-state index contributed by atoms with van der Waals surface area (Å²) in [6.45, 7) is 0. The molecule has 0 amide bonds. The van der Waals surface area contributed by atoms with E-state index in [1.165, 1.54) is 0 Å². The zero-order chi connectivity index (χ0) is 18.9. The second-order valence-electron chi connectivity index (χ2n) is 3.97. The first-order valence-corrected chi connectivity index (χ1v) is 5.45. The molecule has 0 fully saturated rings. The topological polar surface area (TPSA) is 241 Å². The smallest absolute Gasteiger partial charge is 0.545 e. The van der Waals surface area contributed by atoms with Crippen LogP contribution in [0.4, 0.5) is 0 Å². The fourth-order valence-corrected chi connectivity index (χ4v) is 1.97. The van der Waals surface area contributed by atoms with Crippen LogP contribution in [0.1, 0.15) is 62.1 Å². The molecule has 0 saturated heterocycles. The van der Waals surface area contributed by atoms with Gasteiger partial charge in [0.15, 0.2) is 0 Å². The van der Waals surface area contributed by atoms with E-state index in [9.17, 15) is 59.4 Å². The van der Waals surface area contributed by atoms with Crippen molar-refractivity contribution in [3.63, 3.8) is 0 Å². The Balaban J connectivity index is -0.00000192. The fraction of sp³-hybridized carbons (Fsp3) is 0. The summed E-state index contributed by atoms with van der Waals surface area (Å²) in [6, 6.07) is 0. The van der Waals surface area contributed by atoms with Crippen molar-refractivity contribution in [3.8, 4) is 0 Å². The van der Waals surface area contributed by atoms with Gasteiger partial charge in [0.05, 0.1) is 35.8 Å². The number of benzene rings is 1. The van der Waals surface area contributed by atoms with E-state index in [0.29, 0.717) is 0 Å². The molecular weight excluding hydrogens is 527 g/mol. The zero-order valence-electron chi connectivity index (χ0n) is 11.8. The average molecular weight is 527 g/mol. The van der Waals surface area contributed by atoms with E-state index < -0.39 is 69.2 Å². The number of rotatable bonds is 6. The minimum atomic E-state index is -2.66. The zero-order valence-corrected chi connectivity index (χ0v) is 14.6. The van der Waals surface area contributed by atoms with Crippen molar-refractivity contribution < 1.29 is 111 Å². The van der Waals surface area contributed by atoms with Gasteiger partial charge in [-0.1, -0.05) is 0 Å². The molecule has 0 aliphatic carbocycles. The Hall–Kier alpha value is -2.40. The summed E-state index contributed by atoms with van der Waals surface area (Å²) in [4.78, 5) is 66.0. The van der Waals surface area contributed by atoms with Crippen LogP contribution in [0.5, 0.6) is 0 Å². The van der Waals surface area contributed by atoms with Crippen LogP contribution in [0.15, 0.2) is 0 Å². The molecule has 12 nitrogen and oxygen atoms in total. The number of carboxylic acid groups (broad SMARTS) is 6. The summed E-state index contributed by atoms with van der Waals surface area (Å²) in [7, 11) is 0. The van der Waals surface area contributed by atoms with E-state index >= 15 is 0 Å². The molecule has 153 valence electrons. The molecule has 0 aliphatic heterocycles. The molecule has 1 aromatic carbocycles. The Labute approximate surface area is 179 Å². The van der Waals surface area contributed by atoms with Gasteiger partial charge in [-0.25, -0.2) is 0 Å². The van der Waals surface area contributed by atoms with Crippen LogP contribution >= 0.6 is 0 Å². The first-order chi connectivity index (χ1) is 10.9. The second kappa shape index (κ2) is 10.7. The Kier molecular flexibility index (Phi) is 11.6. The molecule has 0 N–H and O–H groups in total. The first-order valence-electron chi connectivity index (χ1n) is 5.45. The number of carboxylic acids is 6. The van der Waals surface area contributed by atoms with Crippen molar-refractivity contribution in [2.24, 2.45) is 0 Å². The largest absolute Gasteiger partial charge is 2.00 e. The van der Waals surface area contributed by atoms with Gasteiger partial charge in [0.2, 0.25) is 0 Å². The number of carbonyl (C=O) groups excluding carboxylic acids is 6. The van der Waals surface area contributed by atoms with Gasteiger partial charge in [-0.3, -0.25) is 0 Å². The molecule has 0 heterocycles. The average Bonchev–Trinajstić information content (AvgIpc) is 2.42. The van der Waals surface area contributed by atoms with Crippen LogP contribution < -0.4 is 30.6 Å². The summed E-state index contributed by atoms with van der Waals surface area (Å²) < 4.78 is 0. The molecule has 27 heavy (non-hydrogen) atoms. The Bertz CT molecular complexity index is 646. The van der Waals surface area contributed by atoms with Gasteiger partial charge in [0.1, 0.15) is 0 Å². The Morgan fingerprint density at radius 3 is 0.444 bits per heavy atom. The number of hydrogen-bond donors (Lipinski definition) is 0. The molecule has 15 heteroatoms. The van der Waals surface area contributed by atoms with Crippen molar-refractivity contribution in [2.45, 2.75) is 0 Å². The summed E-state index contributed by atoms with van der Waals surface area (Å²) in [6.07, 6.45) is 0. The first kappa shape index (κ1) is 29.4. The van der Waals surface area contributed by atoms with Gasteiger partial charge in [-0.05, 0) is 0 Å². The SMILES string of the molecule is O=C([O-])c1c(C(=O)[O-])c(C(=O)[O-])c(C(=O)[O-])c(C(=O)[O-])c1C(=O)[O-].[Cu+2].[Cu+2].[Cu+2]. The summed E-state index contributed by atoms with van der Waals surface area (Å²) >= 11 is 0. The standard InChI is InChI=1S/C12H6O12.3Cu/c13-7(14)1-2(8(15)16)4(10(19)20)6(12(23)24)5(11(21)22)3(1)9(17)18;;;/h(H,13,14)(H,15,16)(H,17,18)(H,19,20)(H,21,22)(H,23,24);;;/q;3*+2/p-6. The molecule has 1 rings (SSSR count). The Morgan fingerprint density at radius 1 is 0.333 bits per heavy atom. The van der Waals surface area contributed by atoms with Crippen LogP contribution in [0.3, 0.4) is 0 Å². The summed E-state index contributed by atoms with van der Waals surface area (Å²) in [5.74, 6) is -16.0. The maximum atomic E-state index is 11.0. The van der Waals surface area contributed by atoms with Gasteiger partial charge in [0.25, 0.3) is 0 Å². The van der Waals surface area contributed by atoms with E-state index in [0.717, 1.165) is 0 Å². The second-order valence-corrected chi connectivity index (χ2v) is 3.97. The molecular formula is C12Cu3O12. The van der Waals surface area contributed by atoms with Gasteiger partial charge < -0.3 is 59.4 Å². The van der Waals surface area contributed by atoms with E-state index in [4.69, 9.17) is 0 Å².